The maximum absolute atomic E-state index is 12.7. The molecule has 0 atom stereocenters. The molecule has 21 heavy (non-hydrogen) atoms. The largest absolute Gasteiger partial charge is 0.355 e. The summed E-state index contributed by atoms with van der Waals surface area (Å²) in [6.45, 7) is 0.840. The molecule has 0 radical (unpaired) electrons. The van der Waals surface area contributed by atoms with Crippen molar-refractivity contribution in [3.63, 3.8) is 0 Å². The molecule has 0 spiro atoms. The van der Waals surface area contributed by atoms with E-state index in [1.54, 1.807) is 12.1 Å². The normalized spacial score (nSPS) is 20.5. The summed E-state index contributed by atoms with van der Waals surface area (Å²) in [5.41, 5.74) is 2.40. The van der Waals surface area contributed by atoms with Crippen molar-refractivity contribution < 1.29 is 13.2 Å². The van der Waals surface area contributed by atoms with Gasteiger partial charge >= 0.3 is 0 Å². The summed E-state index contributed by atoms with van der Waals surface area (Å²) in [5, 5.41) is 2.70. The fourth-order valence-electron chi connectivity index (χ4n) is 3.00. The lowest BCUT2D eigenvalue weighted by Crippen LogP contribution is -2.37. The van der Waals surface area contributed by atoms with Crippen molar-refractivity contribution in [2.45, 2.75) is 37.0 Å². The van der Waals surface area contributed by atoms with Crippen LogP contribution in [-0.2, 0) is 27.7 Å². The van der Waals surface area contributed by atoms with Crippen LogP contribution in [0.15, 0.2) is 23.1 Å². The molecule has 1 fully saturated rings. The van der Waals surface area contributed by atoms with E-state index in [-0.39, 0.29) is 12.5 Å². The zero-order chi connectivity index (χ0) is 14.9. The summed E-state index contributed by atoms with van der Waals surface area (Å²) >= 11 is 0. The summed E-state index contributed by atoms with van der Waals surface area (Å²) in [6, 6.07) is 5.41. The van der Waals surface area contributed by atoms with Gasteiger partial charge in [0.1, 0.15) is 0 Å². The smallest absolute Gasteiger partial charge is 0.243 e. The fourth-order valence-corrected chi connectivity index (χ4v) is 4.49. The number of fused-ring (bicyclic) bond motifs is 1. The van der Waals surface area contributed by atoms with Crippen molar-refractivity contribution in [3.8, 4) is 0 Å². The van der Waals surface area contributed by atoms with Crippen LogP contribution in [0.25, 0.3) is 0 Å². The predicted octanol–water partition coefficient (Wildman–Crippen LogP) is 1.08. The highest BCUT2D eigenvalue weighted by molar-refractivity contribution is 7.89. The molecule has 3 rings (SSSR count). The first-order valence-electron chi connectivity index (χ1n) is 7.46. The molecule has 0 saturated carbocycles. The highest BCUT2D eigenvalue weighted by atomic mass is 32.2. The summed E-state index contributed by atoms with van der Waals surface area (Å²) < 4.78 is 26.7. The minimum atomic E-state index is -3.58. The zero-order valence-electron chi connectivity index (χ0n) is 12.0. The minimum Gasteiger partial charge on any atom is -0.355 e. The highest BCUT2D eigenvalue weighted by Gasteiger charge is 2.28. The number of benzene rings is 1. The predicted molar refractivity (Wildman–Crippen MR) is 79.5 cm³/mol. The number of carbonyl (C=O) groups excluding carboxylic acids is 1. The van der Waals surface area contributed by atoms with Gasteiger partial charge in [-0.1, -0.05) is 6.07 Å². The molecule has 1 aromatic rings. The highest BCUT2D eigenvalue weighted by Crippen LogP contribution is 2.25. The van der Waals surface area contributed by atoms with Crippen molar-refractivity contribution in [3.05, 3.63) is 29.3 Å². The molecule has 0 aromatic heterocycles. The van der Waals surface area contributed by atoms with Gasteiger partial charge in [0, 0.05) is 13.1 Å². The van der Waals surface area contributed by atoms with E-state index in [9.17, 15) is 13.2 Å². The lowest BCUT2D eigenvalue weighted by atomic mass is 9.92. The first-order valence-corrected chi connectivity index (χ1v) is 8.90. The zero-order valence-corrected chi connectivity index (χ0v) is 12.8. The number of carbonyl (C=O) groups is 1. The molecule has 2 aliphatic rings. The molecule has 1 saturated heterocycles. The Hall–Kier alpha value is -1.40. The van der Waals surface area contributed by atoms with E-state index in [0.29, 0.717) is 24.4 Å². The van der Waals surface area contributed by atoms with Gasteiger partial charge in [0.25, 0.3) is 0 Å². The molecule has 1 amide bonds. The fraction of sp³-hybridized carbons (Fsp3) is 0.533. The van der Waals surface area contributed by atoms with Crippen molar-refractivity contribution in [1.82, 2.24) is 9.62 Å². The number of nitrogens with one attached hydrogen (secondary N) is 1. The van der Waals surface area contributed by atoms with Crippen LogP contribution in [-0.4, -0.2) is 38.3 Å². The third-order valence-corrected chi connectivity index (χ3v) is 6.03. The minimum absolute atomic E-state index is 0.0839. The SMILES string of the molecule is O=C1CN(S(=O)(=O)c2ccc3c(c2)CCCC3)CCCN1. The average Bonchev–Trinajstić information content (AvgIpc) is 2.72. The molecular weight excluding hydrogens is 288 g/mol. The Kier molecular flexibility index (Phi) is 3.99. The van der Waals surface area contributed by atoms with Gasteiger partial charge < -0.3 is 5.32 Å². The van der Waals surface area contributed by atoms with Crippen molar-refractivity contribution in [2.75, 3.05) is 19.6 Å². The second-order valence-electron chi connectivity index (χ2n) is 5.68. The van der Waals surface area contributed by atoms with Gasteiger partial charge in [-0.3, -0.25) is 4.79 Å². The Balaban J connectivity index is 1.92. The van der Waals surface area contributed by atoms with E-state index in [4.69, 9.17) is 0 Å². The number of rotatable bonds is 2. The Morgan fingerprint density at radius 3 is 2.62 bits per heavy atom. The van der Waals surface area contributed by atoms with Crippen LogP contribution >= 0.6 is 0 Å². The first kappa shape index (κ1) is 14.5. The second kappa shape index (κ2) is 5.77. The van der Waals surface area contributed by atoms with Gasteiger partial charge in [0.15, 0.2) is 0 Å². The maximum Gasteiger partial charge on any atom is 0.243 e. The van der Waals surface area contributed by atoms with Crippen LogP contribution < -0.4 is 5.32 Å². The summed E-state index contributed by atoms with van der Waals surface area (Å²) in [4.78, 5) is 11.9. The van der Waals surface area contributed by atoms with Gasteiger partial charge in [0.05, 0.1) is 11.4 Å². The van der Waals surface area contributed by atoms with E-state index in [0.717, 1.165) is 24.8 Å². The average molecular weight is 308 g/mol. The Labute approximate surface area is 125 Å². The number of sulfonamides is 1. The maximum atomic E-state index is 12.7. The van der Waals surface area contributed by atoms with Gasteiger partial charge in [-0.15, -0.1) is 0 Å². The van der Waals surface area contributed by atoms with Crippen LogP contribution in [0.5, 0.6) is 0 Å². The van der Waals surface area contributed by atoms with Gasteiger partial charge in [-0.25, -0.2) is 8.42 Å². The van der Waals surface area contributed by atoms with Crippen molar-refractivity contribution in [2.24, 2.45) is 0 Å². The number of amides is 1. The molecule has 1 aliphatic heterocycles. The van der Waals surface area contributed by atoms with E-state index in [1.165, 1.54) is 16.3 Å². The second-order valence-corrected chi connectivity index (χ2v) is 7.62. The third-order valence-electron chi connectivity index (χ3n) is 4.18. The summed E-state index contributed by atoms with van der Waals surface area (Å²) in [5.74, 6) is -0.228. The molecule has 1 N–H and O–H groups in total. The number of nitrogens with zero attached hydrogens (tertiary/aromatic N) is 1. The number of aryl methyl sites for hydroxylation is 2. The van der Waals surface area contributed by atoms with Crippen LogP contribution in [0.4, 0.5) is 0 Å². The molecule has 1 heterocycles. The van der Waals surface area contributed by atoms with Crippen molar-refractivity contribution in [1.29, 1.82) is 0 Å². The first-order chi connectivity index (χ1) is 10.1. The Morgan fingerprint density at radius 2 is 1.81 bits per heavy atom. The van der Waals surface area contributed by atoms with E-state index in [2.05, 4.69) is 5.32 Å². The lowest BCUT2D eigenvalue weighted by molar-refractivity contribution is -0.120. The molecule has 1 aromatic carbocycles. The van der Waals surface area contributed by atoms with Crippen molar-refractivity contribution >= 4 is 15.9 Å². The molecule has 1 aliphatic carbocycles. The van der Waals surface area contributed by atoms with Crippen LogP contribution in [0.2, 0.25) is 0 Å². The number of hydrogen-bond acceptors (Lipinski definition) is 3. The summed E-state index contributed by atoms with van der Waals surface area (Å²) in [7, 11) is -3.58. The molecular formula is C15H20N2O3S. The van der Waals surface area contributed by atoms with E-state index >= 15 is 0 Å². The molecule has 0 unspecified atom stereocenters. The monoisotopic (exact) mass is 308 g/mol. The van der Waals surface area contributed by atoms with Crippen LogP contribution in [0.3, 0.4) is 0 Å². The molecule has 114 valence electrons. The van der Waals surface area contributed by atoms with Gasteiger partial charge in [0.2, 0.25) is 15.9 Å². The van der Waals surface area contributed by atoms with Gasteiger partial charge in [-0.05, 0) is 55.4 Å². The van der Waals surface area contributed by atoms with E-state index < -0.39 is 10.0 Å². The summed E-state index contributed by atoms with van der Waals surface area (Å²) in [6.07, 6.45) is 4.91. The Morgan fingerprint density at radius 1 is 1.05 bits per heavy atom. The quantitative estimate of drug-likeness (QED) is 0.889. The lowest BCUT2D eigenvalue weighted by Gasteiger charge is -2.21. The molecule has 6 heteroatoms. The molecule has 0 bridgehead atoms. The molecule has 5 nitrogen and oxygen atoms in total. The van der Waals surface area contributed by atoms with Crippen LogP contribution in [0, 0.1) is 0 Å². The third kappa shape index (κ3) is 2.96. The number of hydrogen-bond donors (Lipinski definition) is 1. The Bertz CT molecular complexity index is 655. The van der Waals surface area contributed by atoms with Gasteiger partial charge in [-0.2, -0.15) is 4.31 Å². The van der Waals surface area contributed by atoms with E-state index in [1.807, 2.05) is 6.07 Å². The standard InChI is InChI=1S/C15H20N2O3S/c18-15-11-17(9-3-8-16-15)21(19,20)14-7-6-12-4-1-2-5-13(12)10-14/h6-7,10H,1-5,8-9,11H2,(H,16,18). The topological polar surface area (TPSA) is 66.5 Å². The van der Waals surface area contributed by atoms with Crippen LogP contribution in [0.1, 0.15) is 30.4 Å².